The molecule has 0 atom stereocenters. The average Bonchev–Trinajstić information content (AvgIpc) is 2.43. The molecular weight excluding hydrogens is 309 g/mol. The third-order valence-corrected chi connectivity index (χ3v) is 3.75. The first kappa shape index (κ1) is 14.4. The van der Waals surface area contributed by atoms with E-state index in [0.717, 1.165) is 0 Å². The van der Waals surface area contributed by atoms with Gasteiger partial charge in [0.25, 0.3) is 0 Å². The van der Waals surface area contributed by atoms with Gasteiger partial charge < -0.3 is 9.84 Å². The second kappa shape index (κ2) is 5.97. The molecule has 0 aliphatic heterocycles. The van der Waals surface area contributed by atoms with Gasteiger partial charge in [-0.15, -0.1) is 0 Å². The Morgan fingerprint density at radius 2 is 1.79 bits per heavy atom. The molecule has 0 bridgehead atoms. The molecule has 0 saturated heterocycles. The highest BCUT2D eigenvalue weighted by molar-refractivity contribution is 6.48. The molecule has 0 spiro atoms. The zero-order chi connectivity index (χ0) is 14.0. The molecule has 0 aliphatic carbocycles. The molecule has 0 saturated carbocycles. The van der Waals surface area contributed by atoms with Crippen molar-refractivity contribution in [2.45, 2.75) is 6.61 Å². The van der Waals surface area contributed by atoms with Crippen molar-refractivity contribution in [1.29, 1.82) is 0 Å². The van der Waals surface area contributed by atoms with E-state index < -0.39 is 0 Å². The van der Waals surface area contributed by atoms with Crippen LogP contribution in [0, 0.1) is 0 Å². The average molecular weight is 319 g/mol. The maximum atomic E-state index is 9.15. The fourth-order valence-electron chi connectivity index (χ4n) is 1.64. The Hall–Kier alpha value is -1.000. The second-order valence-electron chi connectivity index (χ2n) is 3.77. The van der Waals surface area contributed by atoms with E-state index in [0.29, 0.717) is 37.8 Å². The van der Waals surface area contributed by atoms with Crippen LogP contribution in [0.4, 0.5) is 0 Å². The van der Waals surface area contributed by atoms with Gasteiger partial charge in [-0.3, -0.25) is 0 Å². The normalized spacial score (nSPS) is 10.6. The van der Waals surface area contributed by atoms with Crippen molar-refractivity contribution in [3.63, 3.8) is 0 Å². The third-order valence-electron chi connectivity index (χ3n) is 2.56. The number of rotatable bonds is 3. The van der Waals surface area contributed by atoms with Crippen molar-refractivity contribution < 1.29 is 9.84 Å². The van der Waals surface area contributed by atoms with Crippen LogP contribution in [0.15, 0.2) is 24.3 Å². The van der Waals surface area contributed by atoms with Crippen molar-refractivity contribution in [3.8, 4) is 17.0 Å². The van der Waals surface area contributed by atoms with Crippen LogP contribution in [0.5, 0.6) is 5.75 Å². The Morgan fingerprint density at radius 3 is 2.32 bits per heavy atom. The number of aromatic nitrogens is 1. The van der Waals surface area contributed by atoms with Crippen LogP contribution < -0.4 is 4.74 Å². The van der Waals surface area contributed by atoms with Gasteiger partial charge in [0.1, 0.15) is 11.4 Å². The molecule has 1 heterocycles. The van der Waals surface area contributed by atoms with Crippen LogP contribution in [-0.2, 0) is 6.61 Å². The van der Waals surface area contributed by atoms with E-state index in [1.54, 1.807) is 24.3 Å². The molecule has 0 unspecified atom stereocenters. The Balaban J connectivity index is 2.63. The number of benzene rings is 1. The molecule has 6 heteroatoms. The van der Waals surface area contributed by atoms with Crippen molar-refractivity contribution in [1.82, 2.24) is 4.98 Å². The minimum atomic E-state index is -0.161. The topological polar surface area (TPSA) is 42.4 Å². The quantitative estimate of drug-likeness (QED) is 0.862. The minimum absolute atomic E-state index is 0.161. The Bertz CT molecular complexity index is 594. The van der Waals surface area contributed by atoms with Crippen molar-refractivity contribution in [3.05, 3.63) is 45.0 Å². The van der Waals surface area contributed by atoms with Crippen LogP contribution in [0.3, 0.4) is 0 Å². The molecule has 2 rings (SSSR count). The molecule has 100 valence electrons. The van der Waals surface area contributed by atoms with E-state index >= 15 is 0 Å². The molecule has 2 aromatic rings. The first-order chi connectivity index (χ1) is 9.06. The monoisotopic (exact) mass is 317 g/mol. The minimum Gasteiger partial charge on any atom is -0.494 e. The highest BCUT2D eigenvalue weighted by Crippen LogP contribution is 2.37. The molecule has 1 N–H and O–H groups in total. The molecule has 1 aromatic heterocycles. The van der Waals surface area contributed by atoms with E-state index in [4.69, 9.17) is 44.6 Å². The number of pyridine rings is 1. The number of aliphatic hydroxyl groups excluding tert-OH is 1. The summed E-state index contributed by atoms with van der Waals surface area (Å²) in [5, 5.41) is 10.1. The first-order valence-corrected chi connectivity index (χ1v) is 6.50. The summed E-state index contributed by atoms with van der Waals surface area (Å²) in [4.78, 5) is 4.31. The summed E-state index contributed by atoms with van der Waals surface area (Å²) < 4.78 is 5.25. The van der Waals surface area contributed by atoms with Crippen molar-refractivity contribution in [2.75, 3.05) is 7.11 Å². The predicted molar refractivity (Wildman–Crippen MR) is 77.2 cm³/mol. The summed E-state index contributed by atoms with van der Waals surface area (Å²) in [5.41, 5.74) is 1.75. The van der Waals surface area contributed by atoms with Crippen LogP contribution in [0.1, 0.15) is 5.69 Å². The summed E-state index contributed by atoms with van der Waals surface area (Å²) >= 11 is 17.9. The third kappa shape index (κ3) is 2.95. The van der Waals surface area contributed by atoms with Gasteiger partial charge >= 0.3 is 0 Å². The Kier molecular flexibility index (Phi) is 4.53. The van der Waals surface area contributed by atoms with E-state index in [1.807, 2.05) is 0 Å². The van der Waals surface area contributed by atoms with Gasteiger partial charge in [0.15, 0.2) is 0 Å². The smallest absolute Gasteiger partial charge is 0.145 e. The summed E-state index contributed by atoms with van der Waals surface area (Å²) in [6.07, 6.45) is 0. The highest BCUT2D eigenvalue weighted by Gasteiger charge is 2.13. The van der Waals surface area contributed by atoms with E-state index in [9.17, 15) is 0 Å². The maximum absolute atomic E-state index is 9.15. The molecule has 3 nitrogen and oxygen atoms in total. The van der Waals surface area contributed by atoms with E-state index in [-0.39, 0.29) is 6.61 Å². The molecule has 19 heavy (non-hydrogen) atoms. The van der Waals surface area contributed by atoms with Crippen molar-refractivity contribution in [2.24, 2.45) is 0 Å². The number of aliphatic hydroxyl groups is 1. The van der Waals surface area contributed by atoms with Crippen molar-refractivity contribution >= 4 is 34.8 Å². The predicted octanol–water partition coefficient (Wildman–Crippen LogP) is 4.21. The lowest BCUT2D eigenvalue weighted by Gasteiger charge is -2.10. The summed E-state index contributed by atoms with van der Waals surface area (Å²) in [6, 6.07) is 6.72. The molecular formula is C13H10Cl3NO2. The van der Waals surface area contributed by atoms with Crippen LogP contribution in [-0.4, -0.2) is 17.2 Å². The number of nitrogens with zero attached hydrogens (tertiary/aromatic N) is 1. The van der Waals surface area contributed by atoms with Gasteiger partial charge in [-0.25, -0.2) is 4.98 Å². The van der Waals surface area contributed by atoms with Crippen LogP contribution in [0.25, 0.3) is 11.3 Å². The number of ether oxygens (including phenoxy) is 1. The number of hydrogen-bond acceptors (Lipinski definition) is 3. The number of methoxy groups -OCH3 is 1. The standard InChI is InChI=1S/C13H10Cl3NO2/c1-19-11-3-2-8(6-18)17-13(11)7-4-9(14)12(16)10(15)5-7/h2-5,18H,6H2,1H3. The largest absolute Gasteiger partial charge is 0.494 e. The zero-order valence-electron chi connectivity index (χ0n) is 9.95. The SMILES string of the molecule is COc1ccc(CO)nc1-c1cc(Cl)c(Cl)c(Cl)c1. The molecule has 0 radical (unpaired) electrons. The van der Waals surface area contributed by atoms with Gasteiger partial charge in [0, 0.05) is 5.56 Å². The maximum Gasteiger partial charge on any atom is 0.145 e. The fourth-order valence-corrected chi connectivity index (χ4v) is 2.23. The molecule has 1 aromatic carbocycles. The molecule has 0 aliphatic rings. The van der Waals surface area contributed by atoms with E-state index in [2.05, 4.69) is 4.98 Å². The van der Waals surface area contributed by atoms with Crippen LogP contribution in [0.2, 0.25) is 15.1 Å². The zero-order valence-corrected chi connectivity index (χ0v) is 12.2. The van der Waals surface area contributed by atoms with Gasteiger partial charge in [-0.1, -0.05) is 34.8 Å². The lowest BCUT2D eigenvalue weighted by atomic mass is 10.1. The molecule has 0 amide bonds. The van der Waals surface area contributed by atoms with Gasteiger partial charge in [-0.05, 0) is 24.3 Å². The lowest BCUT2D eigenvalue weighted by molar-refractivity contribution is 0.276. The van der Waals surface area contributed by atoms with E-state index in [1.165, 1.54) is 7.11 Å². The van der Waals surface area contributed by atoms with Gasteiger partial charge in [0.2, 0.25) is 0 Å². The second-order valence-corrected chi connectivity index (χ2v) is 4.96. The Morgan fingerprint density at radius 1 is 1.16 bits per heavy atom. The Labute approximate surface area is 125 Å². The lowest BCUT2D eigenvalue weighted by Crippen LogP contribution is -1.96. The molecule has 0 fully saturated rings. The number of hydrogen-bond donors (Lipinski definition) is 1. The number of halogens is 3. The van der Waals surface area contributed by atoms with Crippen LogP contribution >= 0.6 is 34.8 Å². The summed E-state index contributed by atoms with van der Waals surface area (Å²) in [6.45, 7) is -0.161. The first-order valence-electron chi connectivity index (χ1n) is 5.36. The highest BCUT2D eigenvalue weighted by atomic mass is 35.5. The van der Waals surface area contributed by atoms with Gasteiger partial charge in [0.05, 0.1) is 34.5 Å². The fraction of sp³-hybridized carbons (Fsp3) is 0.154. The van der Waals surface area contributed by atoms with Gasteiger partial charge in [-0.2, -0.15) is 0 Å². The summed E-state index contributed by atoms with van der Waals surface area (Å²) in [7, 11) is 1.54. The summed E-state index contributed by atoms with van der Waals surface area (Å²) in [5.74, 6) is 0.562.